The summed E-state index contributed by atoms with van der Waals surface area (Å²) in [6.45, 7) is 2.35. The van der Waals surface area contributed by atoms with Crippen molar-refractivity contribution in [1.82, 2.24) is 24.8 Å². The van der Waals surface area contributed by atoms with E-state index in [-0.39, 0.29) is 17.8 Å². The number of amides is 1. The van der Waals surface area contributed by atoms with Crippen molar-refractivity contribution in [2.24, 2.45) is 0 Å². The third kappa shape index (κ3) is 2.95. The summed E-state index contributed by atoms with van der Waals surface area (Å²) < 4.78 is 13.7. The number of aromatic amines is 1. The van der Waals surface area contributed by atoms with Gasteiger partial charge in [-0.1, -0.05) is 6.07 Å². The van der Waals surface area contributed by atoms with Crippen LogP contribution in [0.2, 0.25) is 0 Å². The number of halogens is 1. The number of hydrogen-bond donors (Lipinski definition) is 1. The van der Waals surface area contributed by atoms with E-state index in [2.05, 4.69) is 19.9 Å². The number of benzene rings is 1. The van der Waals surface area contributed by atoms with Crippen LogP contribution in [0.15, 0.2) is 55.1 Å². The van der Waals surface area contributed by atoms with Crippen LogP contribution in [0.5, 0.6) is 0 Å². The Morgan fingerprint density at radius 2 is 2.17 bits per heavy atom. The number of aromatic nitrogens is 4. The van der Waals surface area contributed by atoms with E-state index >= 15 is 0 Å². The standard InChI is InChI=1S/C22H18FN5O/c1-13-9-17(16-5-4-15(23)10-19(16)27-13)22(29)28-8-6-18-20(26-12-25-18)21(28)14-3-2-7-24-11-14/h2-5,7,9-12,21H,6,8H2,1H3,(H,25,26)/t21-/m0/s1. The number of nitrogens with one attached hydrogen (secondary N) is 1. The Balaban J connectivity index is 1.65. The van der Waals surface area contributed by atoms with Crippen LogP contribution in [0.4, 0.5) is 4.39 Å². The van der Waals surface area contributed by atoms with Gasteiger partial charge in [0.15, 0.2) is 0 Å². The van der Waals surface area contributed by atoms with Gasteiger partial charge in [-0.25, -0.2) is 9.37 Å². The molecule has 0 saturated heterocycles. The van der Waals surface area contributed by atoms with Gasteiger partial charge in [-0.15, -0.1) is 0 Å². The molecular formula is C22H18FN5O. The predicted molar refractivity (Wildman–Crippen MR) is 106 cm³/mol. The van der Waals surface area contributed by atoms with Crippen LogP contribution in [0.1, 0.15) is 39.0 Å². The maximum atomic E-state index is 13.7. The third-order valence-electron chi connectivity index (χ3n) is 5.32. The van der Waals surface area contributed by atoms with E-state index in [4.69, 9.17) is 0 Å². The first-order chi connectivity index (χ1) is 14.1. The molecule has 5 rings (SSSR count). The molecule has 3 aromatic heterocycles. The van der Waals surface area contributed by atoms with Crippen molar-refractivity contribution < 1.29 is 9.18 Å². The summed E-state index contributed by atoms with van der Waals surface area (Å²) in [7, 11) is 0. The SMILES string of the molecule is Cc1cc(C(=O)N2CCc3[nH]cnc3[C@@H]2c2cccnc2)c2ccc(F)cc2n1. The van der Waals surface area contributed by atoms with Crippen molar-refractivity contribution in [2.75, 3.05) is 6.54 Å². The smallest absolute Gasteiger partial charge is 0.255 e. The largest absolute Gasteiger partial charge is 0.348 e. The third-order valence-corrected chi connectivity index (χ3v) is 5.32. The first-order valence-corrected chi connectivity index (χ1v) is 9.42. The molecule has 1 atom stereocenters. The van der Waals surface area contributed by atoms with Gasteiger partial charge in [0.2, 0.25) is 0 Å². The van der Waals surface area contributed by atoms with Crippen LogP contribution in [0.25, 0.3) is 10.9 Å². The summed E-state index contributed by atoms with van der Waals surface area (Å²) in [4.78, 5) is 31.8. The van der Waals surface area contributed by atoms with Crippen molar-refractivity contribution in [3.8, 4) is 0 Å². The minimum Gasteiger partial charge on any atom is -0.348 e. The lowest BCUT2D eigenvalue weighted by Gasteiger charge is -2.35. The van der Waals surface area contributed by atoms with Crippen molar-refractivity contribution in [2.45, 2.75) is 19.4 Å². The Hall–Kier alpha value is -3.61. The van der Waals surface area contributed by atoms with Crippen LogP contribution in [-0.2, 0) is 6.42 Å². The molecule has 144 valence electrons. The number of imidazole rings is 1. The zero-order chi connectivity index (χ0) is 20.0. The van der Waals surface area contributed by atoms with Gasteiger partial charge < -0.3 is 9.88 Å². The van der Waals surface area contributed by atoms with E-state index in [9.17, 15) is 9.18 Å². The van der Waals surface area contributed by atoms with Gasteiger partial charge >= 0.3 is 0 Å². The molecule has 1 aliphatic heterocycles. The number of hydrogen-bond acceptors (Lipinski definition) is 4. The molecule has 1 aromatic carbocycles. The molecule has 7 heteroatoms. The fourth-order valence-corrected chi connectivity index (χ4v) is 4.04. The minimum absolute atomic E-state index is 0.130. The van der Waals surface area contributed by atoms with Crippen molar-refractivity contribution in [1.29, 1.82) is 0 Å². The van der Waals surface area contributed by atoms with Crippen molar-refractivity contribution in [3.63, 3.8) is 0 Å². The molecule has 0 spiro atoms. The Kier molecular flexibility index (Phi) is 4.08. The molecule has 4 heterocycles. The molecular weight excluding hydrogens is 369 g/mol. The Bertz CT molecular complexity index is 1220. The first-order valence-electron chi connectivity index (χ1n) is 9.42. The summed E-state index contributed by atoms with van der Waals surface area (Å²) in [6.07, 6.45) is 5.82. The number of carbonyl (C=O) groups is 1. The molecule has 29 heavy (non-hydrogen) atoms. The van der Waals surface area contributed by atoms with E-state index < -0.39 is 0 Å². The van der Waals surface area contributed by atoms with Crippen LogP contribution in [-0.4, -0.2) is 37.3 Å². The molecule has 0 aliphatic carbocycles. The average Bonchev–Trinajstić information content (AvgIpc) is 3.21. The number of H-pyrrole nitrogens is 1. The van der Waals surface area contributed by atoms with Crippen LogP contribution in [0, 0.1) is 12.7 Å². The zero-order valence-electron chi connectivity index (χ0n) is 15.8. The summed E-state index contributed by atoms with van der Waals surface area (Å²) in [5, 5.41) is 0.639. The highest BCUT2D eigenvalue weighted by Gasteiger charge is 2.35. The van der Waals surface area contributed by atoms with Gasteiger partial charge in [-0.05, 0) is 36.8 Å². The molecule has 0 unspecified atom stereocenters. The number of pyridine rings is 2. The number of rotatable bonds is 2. The van der Waals surface area contributed by atoms with Gasteiger partial charge in [0.1, 0.15) is 11.9 Å². The summed E-state index contributed by atoms with van der Waals surface area (Å²) in [5.74, 6) is -0.504. The van der Waals surface area contributed by atoms with Crippen LogP contribution in [0.3, 0.4) is 0 Å². The van der Waals surface area contributed by atoms with Gasteiger partial charge in [-0.2, -0.15) is 0 Å². The first kappa shape index (κ1) is 17.5. The highest BCUT2D eigenvalue weighted by atomic mass is 19.1. The maximum absolute atomic E-state index is 13.7. The molecule has 1 aliphatic rings. The highest BCUT2D eigenvalue weighted by Crippen LogP contribution is 2.35. The lowest BCUT2D eigenvalue weighted by molar-refractivity contribution is 0.0692. The number of aryl methyl sites for hydroxylation is 1. The fourth-order valence-electron chi connectivity index (χ4n) is 4.04. The zero-order valence-corrected chi connectivity index (χ0v) is 15.8. The van der Waals surface area contributed by atoms with E-state index in [1.165, 1.54) is 12.1 Å². The molecule has 0 fully saturated rings. The van der Waals surface area contributed by atoms with Crippen LogP contribution < -0.4 is 0 Å². The number of fused-ring (bicyclic) bond motifs is 2. The van der Waals surface area contributed by atoms with Crippen LogP contribution >= 0.6 is 0 Å². The van der Waals surface area contributed by atoms with Gasteiger partial charge in [0.25, 0.3) is 5.91 Å². The molecule has 0 radical (unpaired) electrons. The Morgan fingerprint density at radius 1 is 1.28 bits per heavy atom. The molecule has 1 amide bonds. The Morgan fingerprint density at radius 3 is 3.00 bits per heavy atom. The number of nitrogens with zero attached hydrogens (tertiary/aromatic N) is 4. The average molecular weight is 387 g/mol. The van der Waals surface area contributed by atoms with E-state index in [0.29, 0.717) is 35.1 Å². The summed E-state index contributed by atoms with van der Waals surface area (Å²) in [5.41, 5.74) is 4.42. The minimum atomic E-state index is -0.374. The van der Waals surface area contributed by atoms with Crippen molar-refractivity contribution in [3.05, 3.63) is 89.1 Å². The monoisotopic (exact) mass is 387 g/mol. The summed E-state index contributed by atoms with van der Waals surface area (Å²) >= 11 is 0. The second-order valence-electron chi connectivity index (χ2n) is 7.18. The van der Waals surface area contributed by atoms with Gasteiger partial charge in [0.05, 0.1) is 23.1 Å². The maximum Gasteiger partial charge on any atom is 0.255 e. The molecule has 4 aromatic rings. The van der Waals surface area contributed by atoms with E-state index in [1.54, 1.807) is 30.9 Å². The topological polar surface area (TPSA) is 74.8 Å². The lowest BCUT2D eigenvalue weighted by Crippen LogP contribution is -2.41. The summed E-state index contributed by atoms with van der Waals surface area (Å²) in [6, 6.07) is 9.57. The molecule has 6 nitrogen and oxygen atoms in total. The quantitative estimate of drug-likeness (QED) is 0.570. The van der Waals surface area contributed by atoms with Gasteiger partial charge in [-0.3, -0.25) is 14.8 Å². The van der Waals surface area contributed by atoms with E-state index in [0.717, 1.165) is 17.0 Å². The van der Waals surface area contributed by atoms with E-state index in [1.807, 2.05) is 24.0 Å². The predicted octanol–water partition coefficient (Wildman–Crippen LogP) is 3.59. The fraction of sp³-hybridized carbons (Fsp3) is 0.182. The van der Waals surface area contributed by atoms with Crippen molar-refractivity contribution >= 4 is 16.8 Å². The highest BCUT2D eigenvalue weighted by molar-refractivity contribution is 6.06. The van der Waals surface area contributed by atoms with Gasteiger partial charge in [0, 0.05) is 48.2 Å². The number of carbonyl (C=O) groups excluding carboxylic acids is 1. The Labute approximate surface area is 166 Å². The second kappa shape index (κ2) is 6.77. The second-order valence-corrected chi connectivity index (χ2v) is 7.18. The molecule has 0 bridgehead atoms. The normalized spacial score (nSPS) is 16.1. The lowest BCUT2D eigenvalue weighted by atomic mass is 9.95. The molecule has 0 saturated carbocycles. The molecule has 1 N–H and O–H groups in total.